The number of rotatable bonds is 4. The summed E-state index contributed by atoms with van der Waals surface area (Å²) in [6.07, 6.45) is 5.55. The zero-order valence-corrected chi connectivity index (χ0v) is 12.8. The minimum absolute atomic E-state index is 0.126. The van der Waals surface area contributed by atoms with Crippen molar-refractivity contribution in [2.75, 3.05) is 18.4 Å². The molecule has 2 heterocycles. The van der Waals surface area contributed by atoms with E-state index in [-0.39, 0.29) is 11.9 Å². The molecule has 0 aromatic carbocycles. The highest BCUT2D eigenvalue weighted by molar-refractivity contribution is 6.30. The standard InChI is InChI=1S/C14H21ClN4O/c1-3-11-12(15)16-9-17-13(11)18-10(2)14(20)19-7-5-4-6-8-19/h9-10H,3-8H2,1-2H3,(H,16,17,18). The summed E-state index contributed by atoms with van der Waals surface area (Å²) in [5.41, 5.74) is 0.854. The van der Waals surface area contributed by atoms with Gasteiger partial charge in [-0.15, -0.1) is 0 Å². The molecule has 1 amide bonds. The monoisotopic (exact) mass is 296 g/mol. The van der Waals surface area contributed by atoms with E-state index in [1.165, 1.54) is 12.7 Å². The second kappa shape index (κ2) is 6.88. The number of nitrogens with one attached hydrogen (secondary N) is 1. The fraction of sp³-hybridized carbons (Fsp3) is 0.643. The van der Waals surface area contributed by atoms with Crippen molar-refractivity contribution in [1.29, 1.82) is 0 Å². The molecule has 2 rings (SSSR count). The van der Waals surface area contributed by atoms with Gasteiger partial charge in [-0.05, 0) is 32.6 Å². The molecule has 0 radical (unpaired) electrons. The minimum Gasteiger partial charge on any atom is -0.358 e. The van der Waals surface area contributed by atoms with E-state index in [1.54, 1.807) is 0 Å². The van der Waals surface area contributed by atoms with E-state index in [1.807, 2.05) is 18.7 Å². The van der Waals surface area contributed by atoms with E-state index in [0.717, 1.165) is 37.9 Å². The van der Waals surface area contributed by atoms with E-state index >= 15 is 0 Å². The molecule has 1 unspecified atom stereocenters. The van der Waals surface area contributed by atoms with Crippen LogP contribution in [0, 0.1) is 0 Å². The summed E-state index contributed by atoms with van der Waals surface area (Å²) >= 11 is 6.05. The van der Waals surface area contributed by atoms with Crippen molar-refractivity contribution in [3.63, 3.8) is 0 Å². The van der Waals surface area contributed by atoms with Gasteiger partial charge < -0.3 is 10.2 Å². The van der Waals surface area contributed by atoms with Gasteiger partial charge in [-0.1, -0.05) is 18.5 Å². The Labute approximate surface area is 124 Å². The van der Waals surface area contributed by atoms with Gasteiger partial charge in [0.05, 0.1) is 0 Å². The average molecular weight is 297 g/mol. The van der Waals surface area contributed by atoms with Gasteiger partial charge in [0.1, 0.15) is 23.3 Å². The number of anilines is 1. The normalized spacial score (nSPS) is 16.9. The first kappa shape index (κ1) is 15.0. The first-order valence-electron chi connectivity index (χ1n) is 7.18. The molecule has 0 bridgehead atoms. The molecule has 5 nitrogen and oxygen atoms in total. The van der Waals surface area contributed by atoms with Crippen LogP contribution in [0.15, 0.2) is 6.33 Å². The van der Waals surface area contributed by atoms with Gasteiger partial charge >= 0.3 is 0 Å². The highest BCUT2D eigenvalue weighted by Crippen LogP contribution is 2.21. The third-order valence-corrected chi connectivity index (χ3v) is 3.96. The number of hydrogen-bond donors (Lipinski definition) is 1. The largest absolute Gasteiger partial charge is 0.358 e. The summed E-state index contributed by atoms with van der Waals surface area (Å²) in [7, 11) is 0. The number of likely N-dealkylation sites (tertiary alicyclic amines) is 1. The molecular weight excluding hydrogens is 276 g/mol. The van der Waals surface area contributed by atoms with Crippen molar-refractivity contribution in [2.24, 2.45) is 0 Å². The zero-order valence-electron chi connectivity index (χ0n) is 12.0. The lowest BCUT2D eigenvalue weighted by Crippen LogP contribution is -2.44. The van der Waals surface area contributed by atoms with E-state index in [0.29, 0.717) is 11.0 Å². The molecule has 20 heavy (non-hydrogen) atoms. The smallest absolute Gasteiger partial charge is 0.244 e. The Morgan fingerprint density at radius 3 is 2.75 bits per heavy atom. The van der Waals surface area contributed by atoms with Gasteiger partial charge in [0.15, 0.2) is 0 Å². The summed E-state index contributed by atoms with van der Waals surface area (Å²) in [4.78, 5) is 22.5. The molecule has 6 heteroatoms. The van der Waals surface area contributed by atoms with Crippen LogP contribution < -0.4 is 5.32 Å². The predicted octanol–water partition coefficient (Wildman–Crippen LogP) is 2.51. The van der Waals surface area contributed by atoms with Crippen LogP contribution in [0.1, 0.15) is 38.7 Å². The first-order chi connectivity index (χ1) is 9.63. The number of amides is 1. The maximum absolute atomic E-state index is 12.4. The van der Waals surface area contributed by atoms with Crippen molar-refractivity contribution in [2.45, 2.75) is 45.6 Å². The molecule has 1 aromatic rings. The van der Waals surface area contributed by atoms with Crippen LogP contribution in [0.25, 0.3) is 0 Å². The summed E-state index contributed by atoms with van der Waals surface area (Å²) in [5, 5.41) is 3.62. The lowest BCUT2D eigenvalue weighted by molar-refractivity contribution is -0.132. The van der Waals surface area contributed by atoms with Crippen molar-refractivity contribution in [3.05, 3.63) is 17.0 Å². The SMILES string of the molecule is CCc1c(Cl)ncnc1NC(C)C(=O)N1CCCCC1. The van der Waals surface area contributed by atoms with Crippen LogP contribution in [0.5, 0.6) is 0 Å². The van der Waals surface area contributed by atoms with E-state index in [9.17, 15) is 4.79 Å². The van der Waals surface area contributed by atoms with E-state index < -0.39 is 0 Å². The van der Waals surface area contributed by atoms with Crippen LogP contribution in [-0.2, 0) is 11.2 Å². The maximum atomic E-state index is 12.4. The molecule has 0 aliphatic carbocycles. The molecular formula is C14H21ClN4O. The molecule has 1 atom stereocenters. The number of hydrogen-bond acceptors (Lipinski definition) is 4. The average Bonchev–Trinajstić information content (AvgIpc) is 2.47. The predicted molar refractivity (Wildman–Crippen MR) is 79.9 cm³/mol. The molecule has 110 valence electrons. The molecule has 1 aliphatic heterocycles. The highest BCUT2D eigenvalue weighted by atomic mass is 35.5. The number of carbonyl (C=O) groups is 1. The molecule has 0 saturated carbocycles. The number of aromatic nitrogens is 2. The van der Waals surface area contributed by atoms with Crippen LogP contribution in [0.3, 0.4) is 0 Å². The van der Waals surface area contributed by atoms with E-state index in [4.69, 9.17) is 11.6 Å². The third-order valence-electron chi connectivity index (χ3n) is 3.64. The fourth-order valence-corrected chi connectivity index (χ4v) is 2.75. The summed E-state index contributed by atoms with van der Waals surface area (Å²) in [6, 6.07) is -0.302. The quantitative estimate of drug-likeness (QED) is 0.867. The molecule has 1 N–H and O–H groups in total. The lowest BCUT2D eigenvalue weighted by Gasteiger charge is -2.29. The Morgan fingerprint density at radius 1 is 1.40 bits per heavy atom. The Bertz CT molecular complexity index is 474. The molecule has 0 spiro atoms. The molecule has 1 aromatic heterocycles. The van der Waals surface area contributed by atoms with Crippen LogP contribution in [0.2, 0.25) is 5.15 Å². The number of piperidine rings is 1. The van der Waals surface area contributed by atoms with Gasteiger partial charge in [0.2, 0.25) is 5.91 Å². The lowest BCUT2D eigenvalue weighted by atomic mass is 10.1. The Morgan fingerprint density at radius 2 is 2.10 bits per heavy atom. The van der Waals surface area contributed by atoms with Crippen LogP contribution in [-0.4, -0.2) is 39.9 Å². The van der Waals surface area contributed by atoms with E-state index in [2.05, 4.69) is 15.3 Å². The minimum atomic E-state index is -0.302. The summed E-state index contributed by atoms with van der Waals surface area (Å²) < 4.78 is 0. The second-order valence-corrected chi connectivity index (χ2v) is 5.46. The van der Waals surface area contributed by atoms with Gasteiger partial charge in [-0.3, -0.25) is 4.79 Å². The Balaban J connectivity index is 2.05. The van der Waals surface area contributed by atoms with Gasteiger partial charge in [-0.25, -0.2) is 9.97 Å². The Kier molecular flexibility index (Phi) is 5.17. The Hall–Kier alpha value is -1.36. The van der Waals surface area contributed by atoms with Gasteiger partial charge in [0, 0.05) is 18.7 Å². The molecule has 1 saturated heterocycles. The molecule has 1 aliphatic rings. The van der Waals surface area contributed by atoms with Crippen molar-refractivity contribution >= 4 is 23.3 Å². The van der Waals surface area contributed by atoms with Crippen molar-refractivity contribution in [1.82, 2.24) is 14.9 Å². The second-order valence-electron chi connectivity index (χ2n) is 5.10. The first-order valence-corrected chi connectivity index (χ1v) is 7.56. The number of halogens is 1. The van der Waals surface area contributed by atoms with Crippen molar-refractivity contribution in [3.8, 4) is 0 Å². The molecule has 1 fully saturated rings. The highest BCUT2D eigenvalue weighted by Gasteiger charge is 2.23. The van der Waals surface area contributed by atoms with Crippen molar-refractivity contribution < 1.29 is 4.79 Å². The third kappa shape index (κ3) is 3.39. The van der Waals surface area contributed by atoms with Crippen LogP contribution in [0.4, 0.5) is 5.82 Å². The summed E-state index contributed by atoms with van der Waals surface area (Å²) in [6.45, 7) is 5.57. The van der Waals surface area contributed by atoms with Gasteiger partial charge in [-0.2, -0.15) is 0 Å². The maximum Gasteiger partial charge on any atom is 0.244 e. The fourth-order valence-electron chi connectivity index (χ4n) is 2.48. The topological polar surface area (TPSA) is 58.1 Å². The summed E-state index contributed by atoms with van der Waals surface area (Å²) in [5.74, 6) is 0.784. The van der Waals surface area contributed by atoms with Gasteiger partial charge in [0.25, 0.3) is 0 Å². The zero-order chi connectivity index (χ0) is 14.5. The number of carbonyl (C=O) groups excluding carboxylic acids is 1. The number of nitrogens with zero attached hydrogens (tertiary/aromatic N) is 3. The van der Waals surface area contributed by atoms with Crippen LogP contribution >= 0.6 is 11.6 Å².